The third-order valence-electron chi connectivity index (χ3n) is 3.85. The largest absolute Gasteiger partial charge is 0.349 e. The van der Waals surface area contributed by atoms with Crippen molar-refractivity contribution in [3.63, 3.8) is 0 Å². The summed E-state index contributed by atoms with van der Waals surface area (Å²) in [6.07, 6.45) is 1.92. The van der Waals surface area contributed by atoms with Crippen molar-refractivity contribution in [2.45, 2.75) is 36.0 Å². The highest BCUT2D eigenvalue weighted by Crippen LogP contribution is 2.35. The van der Waals surface area contributed by atoms with Crippen molar-refractivity contribution in [2.24, 2.45) is 0 Å². The predicted octanol–water partition coefficient (Wildman–Crippen LogP) is 2.02. The molecule has 1 atom stereocenters. The van der Waals surface area contributed by atoms with Crippen molar-refractivity contribution in [1.29, 1.82) is 0 Å². The van der Waals surface area contributed by atoms with Crippen LogP contribution in [-0.2, 0) is 4.79 Å². The average Bonchev–Trinajstić information content (AvgIpc) is 2.49. The Labute approximate surface area is 140 Å². The summed E-state index contributed by atoms with van der Waals surface area (Å²) in [5.74, 6) is -0.0778. The van der Waals surface area contributed by atoms with Gasteiger partial charge in [0, 0.05) is 16.5 Å². The molecule has 2 aliphatic heterocycles. The fraction of sp³-hybridized carbons (Fsp3) is 0.467. The number of hydrogen-bond donors (Lipinski definition) is 3. The van der Waals surface area contributed by atoms with E-state index in [0.29, 0.717) is 5.56 Å². The molecule has 1 fully saturated rings. The normalized spacial score (nSPS) is 21.3. The molecule has 3 rings (SSSR count). The second kappa shape index (κ2) is 7.35. The molecule has 1 saturated heterocycles. The smallest absolute Gasteiger partial charge is 0.251 e. The molecule has 2 amide bonds. The first kappa shape index (κ1) is 17.1. The van der Waals surface area contributed by atoms with E-state index < -0.39 is 0 Å². The number of hydrogen-bond acceptors (Lipinski definition) is 4. The van der Waals surface area contributed by atoms with E-state index >= 15 is 0 Å². The predicted molar refractivity (Wildman–Crippen MR) is 91.0 cm³/mol. The lowest BCUT2D eigenvalue weighted by Gasteiger charge is -2.24. The number of benzene rings is 1. The highest BCUT2D eigenvalue weighted by molar-refractivity contribution is 8.00. The molecule has 0 saturated carbocycles. The minimum atomic E-state index is -0.0908. The van der Waals surface area contributed by atoms with Gasteiger partial charge < -0.3 is 16.0 Å². The van der Waals surface area contributed by atoms with Crippen molar-refractivity contribution in [3.05, 3.63) is 23.8 Å². The summed E-state index contributed by atoms with van der Waals surface area (Å²) in [7, 11) is 0. The minimum absolute atomic E-state index is 0. The molecule has 5 nitrogen and oxygen atoms in total. The van der Waals surface area contributed by atoms with Crippen LogP contribution in [-0.4, -0.2) is 36.2 Å². The molecule has 22 heavy (non-hydrogen) atoms. The van der Waals surface area contributed by atoms with Gasteiger partial charge in [-0.05, 0) is 51.1 Å². The Morgan fingerprint density at radius 2 is 2.05 bits per heavy atom. The van der Waals surface area contributed by atoms with Crippen molar-refractivity contribution in [1.82, 2.24) is 10.6 Å². The third kappa shape index (κ3) is 3.74. The number of nitrogens with one attached hydrogen (secondary N) is 3. The van der Waals surface area contributed by atoms with Crippen LogP contribution in [0, 0.1) is 0 Å². The van der Waals surface area contributed by atoms with Gasteiger partial charge in [0.25, 0.3) is 5.91 Å². The molecule has 2 aliphatic rings. The van der Waals surface area contributed by atoms with Crippen molar-refractivity contribution in [2.75, 3.05) is 18.4 Å². The van der Waals surface area contributed by atoms with Gasteiger partial charge in [0.05, 0.1) is 10.9 Å². The third-order valence-corrected chi connectivity index (χ3v) is 5.02. The highest BCUT2D eigenvalue weighted by atomic mass is 35.5. The summed E-state index contributed by atoms with van der Waals surface area (Å²) in [5.41, 5.74) is 1.34. The first-order chi connectivity index (χ1) is 10.1. The van der Waals surface area contributed by atoms with Crippen LogP contribution >= 0.6 is 24.2 Å². The number of anilines is 1. The van der Waals surface area contributed by atoms with Crippen molar-refractivity contribution in [3.8, 4) is 0 Å². The standard InChI is InChI=1S/C15H19N3O2S.ClH/c1-9-14(19)18-12-8-10(2-3-13(12)21-9)15(20)17-11-4-6-16-7-5-11;/h2-3,8-9,11,16H,4-7H2,1H3,(H,17,20)(H,18,19);1H. The van der Waals surface area contributed by atoms with E-state index in [9.17, 15) is 9.59 Å². The molecule has 0 aromatic heterocycles. The maximum Gasteiger partial charge on any atom is 0.251 e. The van der Waals surface area contributed by atoms with Crippen LogP contribution in [0.3, 0.4) is 0 Å². The van der Waals surface area contributed by atoms with Gasteiger partial charge in [0.1, 0.15) is 0 Å². The summed E-state index contributed by atoms with van der Waals surface area (Å²) < 4.78 is 0. The van der Waals surface area contributed by atoms with Gasteiger partial charge in [-0.3, -0.25) is 9.59 Å². The molecule has 120 valence electrons. The maximum atomic E-state index is 12.3. The van der Waals surface area contributed by atoms with Crippen molar-refractivity contribution < 1.29 is 9.59 Å². The monoisotopic (exact) mass is 341 g/mol. The van der Waals surface area contributed by atoms with Crippen LogP contribution in [0.4, 0.5) is 5.69 Å². The number of fused-ring (bicyclic) bond motifs is 1. The van der Waals surface area contributed by atoms with Gasteiger partial charge in [-0.1, -0.05) is 0 Å². The molecule has 0 spiro atoms. The average molecular weight is 342 g/mol. The van der Waals surface area contributed by atoms with E-state index in [4.69, 9.17) is 0 Å². The van der Waals surface area contributed by atoms with E-state index in [1.165, 1.54) is 11.8 Å². The number of piperidine rings is 1. The van der Waals surface area contributed by atoms with E-state index in [0.717, 1.165) is 36.5 Å². The SMILES string of the molecule is CC1Sc2ccc(C(=O)NC3CCNCC3)cc2NC1=O.Cl. The second-order valence-electron chi connectivity index (χ2n) is 5.46. The van der Waals surface area contributed by atoms with E-state index in [1.54, 1.807) is 6.07 Å². The molecule has 2 heterocycles. The van der Waals surface area contributed by atoms with Crippen LogP contribution in [0.25, 0.3) is 0 Å². The molecule has 1 aromatic rings. The lowest BCUT2D eigenvalue weighted by atomic mass is 10.1. The van der Waals surface area contributed by atoms with Crippen LogP contribution < -0.4 is 16.0 Å². The van der Waals surface area contributed by atoms with Gasteiger partial charge in [-0.15, -0.1) is 24.2 Å². The van der Waals surface area contributed by atoms with Crippen LogP contribution in [0.2, 0.25) is 0 Å². The van der Waals surface area contributed by atoms with Crippen LogP contribution in [0.5, 0.6) is 0 Å². The number of halogens is 1. The minimum Gasteiger partial charge on any atom is -0.349 e. The zero-order valence-electron chi connectivity index (χ0n) is 12.3. The van der Waals surface area contributed by atoms with Gasteiger partial charge in [-0.2, -0.15) is 0 Å². The number of carbonyl (C=O) groups is 2. The Bertz CT molecular complexity index is 576. The molecule has 1 aromatic carbocycles. The van der Waals surface area contributed by atoms with Gasteiger partial charge in [-0.25, -0.2) is 0 Å². The van der Waals surface area contributed by atoms with Gasteiger partial charge >= 0.3 is 0 Å². The number of thioether (sulfide) groups is 1. The number of carbonyl (C=O) groups excluding carboxylic acids is 2. The summed E-state index contributed by atoms with van der Waals surface area (Å²) in [6.45, 7) is 3.76. The Kier molecular flexibility index (Phi) is 5.72. The summed E-state index contributed by atoms with van der Waals surface area (Å²) in [4.78, 5) is 25.0. The van der Waals surface area contributed by atoms with Crippen LogP contribution in [0.15, 0.2) is 23.1 Å². The maximum absolute atomic E-state index is 12.3. The molecular weight excluding hydrogens is 322 g/mol. The fourth-order valence-electron chi connectivity index (χ4n) is 2.58. The summed E-state index contributed by atoms with van der Waals surface area (Å²) >= 11 is 1.52. The molecule has 7 heteroatoms. The Balaban J connectivity index is 0.00000176. The van der Waals surface area contributed by atoms with E-state index in [-0.39, 0.29) is 35.5 Å². The molecular formula is C15H20ClN3O2S. The first-order valence-electron chi connectivity index (χ1n) is 7.26. The number of rotatable bonds is 2. The number of amides is 2. The summed E-state index contributed by atoms with van der Waals surface area (Å²) in [5, 5.41) is 9.11. The molecule has 0 aliphatic carbocycles. The molecule has 3 N–H and O–H groups in total. The van der Waals surface area contributed by atoms with Gasteiger partial charge in [0.2, 0.25) is 5.91 Å². The topological polar surface area (TPSA) is 70.2 Å². The van der Waals surface area contributed by atoms with Crippen molar-refractivity contribution >= 4 is 41.7 Å². The van der Waals surface area contributed by atoms with E-state index in [2.05, 4.69) is 16.0 Å². The lowest BCUT2D eigenvalue weighted by molar-refractivity contribution is -0.115. The van der Waals surface area contributed by atoms with E-state index in [1.807, 2.05) is 19.1 Å². The second-order valence-corrected chi connectivity index (χ2v) is 6.84. The first-order valence-corrected chi connectivity index (χ1v) is 8.14. The highest BCUT2D eigenvalue weighted by Gasteiger charge is 2.24. The Morgan fingerprint density at radius 1 is 1.32 bits per heavy atom. The Hall–Kier alpha value is -1.24. The molecule has 1 unspecified atom stereocenters. The zero-order valence-corrected chi connectivity index (χ0v) is 14.0. The summed E-state index contributed by atoms with van der Waals surface area (Å²) in [6, 6.07) is 5.74. The molecule has 0 radical (unpaired) electrons. The zero-order chi connectivity index (χ0) is 14.8. The fourth-order valence-corrected chi connectivity index (χ4v) is 3.52. The quantitative estimate of drug-likeness (QED) is 0.769. The lowest BCUT2D eigenvalue weighted by Crippen LogP contribution is -2.42. The van der Waals surface area contributed by atoms with Gasteiger partial charge in [0.15, 0.2) is 0 Å². The van der Waals surface area contributed by atoms with Crippen LogP contribution in [0.1, 0.15) is 30.1 Å². The Morgan fingerprint density at radius 3 is 2.77 bits per heavy atom. The molecule has 0 bridgehead atoms.